The molecule has 0 aromatic heterocycles. The Morgan fingerprint density at radius 2 is 2.39 bits per heavy atom. The number of hydrogen-bond acceptors (Lipinski definition) is 4. The minimum atomic E-state index is -0.0255. The van der Waals surface area contributed by atoms with Crippen molar-refractivity contribution < 1.29 is 14.7 Å². The molecule has 1 aliphatic heterocycles. The predicted octanol–water partition coefficient (Wildman–Crippen LogP) is 1.99. The second kappa shape index (κ2) is 5.93. The van der Waals surface area contributed by atoms with Gasteiger partial charge in [-0.05, 0) is 31.0 Å². The van der Waals surface area contributed by atoms with E-state index in [9.17, 15) is 0 Å². The Kier molecular flexibility index (Phi) is 4.28. The van der Waals surface area contributed by atoms with Crippen molar-refractivity contribution in [2.75, 3.05) is 13.2 Å². The summed E-state index contributed by atoms with van der Waals surface area (Å²) in [5.74, 6) is 0.506. The topological polar surface area (TPSA) is 77.1 Å². The van der Waals surface area contributed by atoms with Crippen LogP contribution in [0.4, 0.5) is 0 Å². The van der Waals surface area contributed by atoms with Gasteiger partial charge in [-0.2, -0.15) is 0 Å². The molecule has 0 spiro atoms. The van der Waals surface area contributed by atoms with Crippen molar-refractivity contribution in [2.24, 2.45) is 10.9 Å². The van der Waals surface area contributed by atoms with E-state index in [1.807, 2.05) is 0 Å². The molecule has 3 N–H and O–H groups in total. The van der Waals surface area contributed by atoms with Gasteiger partial charge in [-0.25, -0.2) is 0 Å². The molecular weight excluding hydrogens is 256 g/mol. The maximum Gasteiger partial charge on any atom is 0.173 e. The molecule has 5 nitrogen and oxygen atoms in total. The summed E-state index contributed by atoms with van der Waals surface area (Å²) in [5, 5.41) is 12.3. The summed E-state index contributed by atoms with van der Waals surface area (Å²) < 4.78 is 11.2. The lowest BCUT2D eigenvalue weighted by atomic mass is 10.1. The van der Waals surface area contributed by atoms with E-state index in [0.29, 0.717) is 22.9 Å². The van der Waals surface area contributed by atoms with Crippen LogP contribution in [0.1, 0.15) is 18.4 Å². The van der Waals surface area contributed by atoms with Crippen molar-refractivity contribution in [1.29, 1.82) is 0 Å². The van der Waals surface area contributed by atoms with Crippen LogP contribution in [0.2, 0.25) is 5.02 Å². The third-order valence-corrected chi connectivity index (χ3v) is 2.97. The van der Waals surface area contributed by atoms with Crippen LogP contribution in [-0.4, -0.2) is 30.4 Å². The zero-order chi connectivity index (χ0) is 13.0. The molecule has 98 valence electrons. The highest BCUT2D eigenvalue weighted by Crippen LogP contribution is 2.26. The lowest BCUT2D eigenvalue weighted by Crippen LogP contribution is -2.29. The normalized spacial score (nSPS) is 20.7. The average molecular weight is 271 g/mol. The highest BCUT2D eigenvalue weighted by molar-refractivity contribution is 6.30. The molecule has 2 rings (SSSR count). The van der Waals surface area contributed by atoms with Crippen molar-refractivity contribution in [1.82, 2.24) is 0 Å². The number of rotatable bonds is 3. The van der Waals surface area contributed by atoms with Gasteiger partial charge >= 0.3 is 0 Å². The molecule has 0 saturated carbocycles. The van der Waals surface area contributed by atoms with Crippen LogP contribution in [0, 0.1) is 0 Å². The first-order chi connectivity index (χ1) is 8.70. The van der Waals surface area contributed by atoms with Gasteiger partial charge in [0.05, 0.1) is 12.2 Å². The summed E-state index contributed by atoms with van der Waals surface area (Å²) in [4.78, 5) is 0. The molecule has 18 heavy (non-hydrogen) atoms. The number of benzene rings is 1. The Labute approximate surface area is 110 Å². The van der Waals surface area contributed by atoms with E-state index in [1.54, 1.807) is 18.2 Å². The molecule has 6 heteroatoms. The minimum absolute atomic E-state index is 0.00149. The van der Waals surface area contributed by atoms with Crippen molar-refractivity contribution in [3.63, 3.8) is 0 Å². The Hall–Kier alpha value is -1.46. The third kappa shape index (κ3) is 3.05. The number of oxime groups is 1. The molecule has 1 aromatic rings. The molecule has 1 aliphatic rings. The van der Waals surface area contributed by atoms with Gasteiger partial charge in [-0.3, -0.25) is 0 Å². The molecule has 0 aliphatic carbocycles. The largest absolute Gasteiger partial charge is 0.487 e. The van der Waals surface area contributed by atoms with Crippen molar-refractivity contribution in [3.8, 4) is 5.75 Å². The molecule has 0 amide bonds. The van der Waals surface area contributed by atoms with E-state index in [2.05, 4.69) is 5.16 Å². The Balaban J connectivity index is 2.21. The van der Waals surface area contributed by atoms with Crippen LogP contribution in [0.5, 0.6) is 5.75 Å². The highest BCUT2D eigenvalue weighted by atomic mass is 35.5. The second-order valence-electron chi connectivity index (χ2n) is 4.08. The maximum absolute atomic E-state index is 8.74. The summed E-state index contributed by atoms with van der Waals surface area (Å²) in [6.45, 7) is 1.31. The lowest BCUT2D eigenvalue weighted by molar-refractivity contribution is 0.00735. The smallest absolute Gasteiger partial charge is 0.173 e. The molecule has 1 heterocycles. The van der Waals surface area contributed by atoms with Gasteiger partial charge in [0.1, 0.15) is 11.9 Å². The standard InChI is InChI=1S/C12H15ClN2O3/c13-8-3-4-10(12(14)15-16)11(6-8)18-9-2-1-5-17-7-9/h3-4,6,9,16H,1-2,5,7H2,(H2,14,15). The molecular formula is C12H15ClN2O3. The summed E-state index contributed by atoms with van der Waals surface area (Å²) in [5.41, 5.74) is 6.12. The summed E-state index contributed by atoms with van der Waals surface area (Å²) in [6.07, 6.45) is 1.86. The number of amidine groups is 1. The van der Waals surface area contributed by atoms with Gasteiger partial charge in [-0.15, -0.1) is 0 Å². The van der Waals surface area contributed by atoms with Crippen LogP contribution < -0.4 is 10.5 Å². The Bertz CT molecular complexity index is 445. The fourth-order valence-corrected chi connectivity index (χ4v) is 2.00. The second-order valence-corrected chi connectivity index (χ2v) is 4.52. The van der Waals surface area contributed by atoms with E-state index < -0.39 is 0 Å². The maximum atomic E-state index is 8.74. The molecule has 1 saturated heterocycles. The highest BCUT2D eigenvalue weighted by Gasteiger charge is 2.18. The Morgan fingerprint density at radius 3 is 3.06 bits per heavy atom. The predicted molar refractivity (Wildman–Crippen MR) is 68.4 cm³/mol. The van der Waals surface area contributed by atoms with Crippen molar-refractivity contribution in [2.45, 2.75) is 18.9 Å². The van der Waals surface area contributed by atoms with E-state index in [1.165, 1.54) is 0 Å². The van der Waals surface area contributed by atoms with E-state index in [4.69, 9.17) is 32.0 Å². The summed E-state index contributed by atoms with van der Waals surface area (Å²) >= 11 is 5.93. The number of halogens is 1. The van der Waals surface area contributed by atoms with Gasteiger partial charge in [-0.1, -0.05) is 16.8 Å². The van der Waals surface area contributed by atoms with Crippen LogP contribution in [0.25, 0.3) is 0 Å². The van der Waals surface area contributed by atoms with Crippen LogP contribution in [0.3, 0.4) is 0 Å². The molecule has 1 unspecified atom stereocenters. The third-order valence-electron chi connectivity index (χ3n) is 2.74. The van der Waals surface area contributed by atoms with E-state index >= 15 is 0 Å². The van der Waals surface area contributed by atoms with Crippen molar-refractivity contribution in [3.05, 3.63) is 28.8 Å². The number of hydrogen-bond donors (Lipinski definition) is 2. The van der Waals surface area contributed by atoms with E-state index in [0.717, 1.165) is 19.4 Å². The van der Waals surface area contributed by atoms with Gasteiger partial charge in [0.2, 0.25) is 0 Å². The fraction of sp³-hybridized carbons (Fsp3) is 0.417. The SMILES string of the molecule is N/C(=N/O)c1ccc(Cl)cc1OC1CCCOC1. The number of nitrogens with zero attached hydrogens (tertiary/aromatic N) is 1. The first kappa shape index (κ1) is 13.0. The van der Waals surface area contributed by atoms with E-state index in [-0.39, 0.29) is 11.9 Å². The number of nitrogens with two attached hydrogens (primary N) is 1. The zero-order valence-corrected chi connectivity index (χ0v) is 10.6. The molecule has 0 bridgehead atoms. The average Bonchev–Trinajstić information content (AvgIpc) is 2.39. The lowest BCUT2D eigenvalue weighted by Gasteiger charge is -2.24. The zero-order valence-electron chi connectivity index (χ0n) is 9.80. The van der Waals surface area contributed by atoms with Gasteiger partial charge in [0.15, 0.2) is 5.84 Å². The summed E-state index contributed by atoms with van der Waals surface area (Å²) in [7, 11) is 0. The summed E-state index contributed by atoms with van der Waals surface area (Å²) in [6, 6.07) is 4.99. The fourth-order valence-electron chi connectivity index (χ4n) is 1.84. The molecule has 1 aromatic carbocycles. The van der Waals surface area contributed by atoms with Crippen LogP contribution in [0.15, 0.2) is 23.4 Å². The van der Waals surface area contributed by atoms with Gasteiger partial charge in [0, 0.05) is 11.6 Å². The van der Waals surface area contributed by atoms with Crippen molar-refractivity contribution >= 4 is 17.4 Å². The molecule has 1 fully saturated rings. The monoisotopic (exact) mass is 270 g/mol. The van der Waals surface area contributed by atoms with Crippen LogP contribution >= 0.6 is 11.6 Å². The minimum Gasteiger partial charge on any atom is -0.487 e. The first-order valence-corrected chi connectivity index (χ1v) is 6.10. The van der Waals surface area contributed by atoms with Gasteiger partial charge in [0.25, 0.3) is 0 Å². The van der Waals surface area contributed by atoms with Crippen LogP contribution in [-0.2, 0) is 4.74 Å². The molecule has 1 atom stereocenters. The quantitative estimate of drug-likeness (QED) is 0.381. The molecule has 0 radical (unpaired) electrons. The van der Waals surface area contributed by atoms with Gasteiger partial charge < -0.3 is 20.4 Å². The number of ether oxygens (including phenoxy) is 2. The Morgan fingerprint density at radius 1 is 1.56 bits per heavy atom. The first-order valence-electron chi connectivity index (χ1n) is 5.72.